The van der Waals surface area contributed by atoms with Gasteiger partial charge in [-0.1, -0.05) is 194 Å². The van der Waals surface area contributed by atoms with E-state index in [0.717, 1.165) is 22.3 Å². The Morgan fingerprint density at radius 3 is 1.00 bits per heavy atom. The summed E-state index contributed by atoms with van der Waals surface area (Å²) in [6.45, 7) is 0. The molecule has 8 atom stereocenters. The third-order valence-corrected chi connectivity index (χ3v) is 14.4. The molecule has 0 heterocycles. The maximum absolute atomic E-state index is 16.3. The maximum Gasteiger partial charge on any atom is 0.149 e. The van der Waals surface area contributed by atoms with Crippen molar-refractivity contribution in [1.82, 2.24) is 0 Å². The number of rotatable bonds is 5. The van der Waals surface area contributed by atoms with Crippen LogP contribution in [-0.4, -0.2) is 11.6 Å². The van der Waals surface area contributed by atoms with Crippen molar-refractivity contribution in [2.24, 2.45) is 0 Å². The summed E-state index contributed by atoms with van der Waals surface area (Å²) < 4.78 is 0. The van der Waals surface area contributed by atoms with Crippen molar-refractivity contribution >= 4 is 33.1 Å². The highest BCUT2D eigenvalue weighted by Crippen LogP contribution is 2.83. The van der Waals surface area contributed by atoms with Crippen LogP contribution < -0.4 is 0 Å². The van der Waals surface area contributed by atoms with Gasteiger partial charge in [0.2, 0.25) is 0 Å². The van der Waals surface area contributed by atoms with Gasteiger partial charge in [-0.05, 0) is 66.1 Å². The molecule has 56 heavy (non-hydrogen) atoms. The molecule has 0 unspecified atom stereocenters. The minimum absolute atomic E-state index is 0.234. The van der Waals surface area contributed by atoms with E-state index in [1.54, 1.807) is 0 Å². The number of Topliss-reactive ketones (excluding diaryl/α,β-unsaturated/α-hetero) is 2. The highest BCUT2D eigenvalue weighted by molar-refractivity contribution is 6.10. The average molecular weight is 719 g/mol. The fraction of sp³-hybridized carbons (Fsp3) is 0.148. The Bertz CT molecular complexity index is 2670. The van der Waals surface area contributed by atoms with Crippen LogP contribution in [0.15, 0.2) is 194 Å². The molecule has 8 aromatic carbocycles. The topological polar surface area (TPSA) is 34.1 Å². The van der Waals surface area contributed by atoms with Crippen LogP contribution >= 0.6 is 0 Å². The second-order valence-electron chi connectivity index (χ2n) is 16.5. The van der Waals surface area contributed by atoms with E-state index >= 15 is 9.59 Å². The summed E-state index contributed by atoms with van der Waals surface area (Å²) in [5.41, 5.74) is 7.22. The lowest BCUT2D eigenvalue weighted by molar-refractivity contribution is -0.122. The lowest BCUT2D eigenvalue weighted by atomic mass is 9.44. The molecule has 2 nitrogen and oxygen atoms in total. The first-order chi connectivity index (χ1) is 27.7. The van der Waals surface area contributed by atoms with Crippen molar-refractivity contribution in [3.8, 4) is 0 Å². The van der Waals surface area contributed by atoms with Crippen LogP contribution in [0.1, 0.15) is 80.0 Å². The number of carbonyl (C=O) groups excluding carboxylic acids is 2. The molecule has 2 heteroatoms. The van der Waals surface area contributed by atoms with Crippen LogP contribution in [0, 0.1) is 0 Å². The van der Waals surface area contributed by atoms with Gasteiger partial charge in [0.05, 0.1) is 23.7 Å². The predicted molar refractivity (Wildman–Crippen MR) is 223 cm³/mol. The molecule has 0 aromatic heterocycles. The molecule has 0 N–H and O–H groups in total. The Morgan fingerprint density at radius 2 is 0.643 bits per heavy atom. The second kappa shape index (κ2) is 11.6. The van der Waals surface area contributed by atoms with Gasteiger partial charge >= 0.3 is 0 Å². The van der Waals surface area contributed by atoms with Gasteiger partial charge in [-0.25, -0.2) is 0 Å². The first-order valence-corrected chi connectivity index (χ1v) is 20.0. The Balaban J connectivity index is 1.34. The summed E-state index contributed by atoms with van der Waals surface area (Å²) in [4.78, 5) is 32.6. The lowest BCUT2D eigenvalue weighted by Gasteiger charge is -2.55. The van der Waals surface area contributed by atoms with Crippen molar-refractivity contribution in [2.75, 3.05) is 0 Å². The number of benzene rings is 8. The summed E-state index contributed by atoms with van der Waals surface area (Å²) in [5.74, 6) is -1.97. The van der Waals surface area contributed by atoms with Crippen molar-refractivity contribution in [3.05, 3.63) is 239 Å². The standard InChI is InChI=1S/C54H38O2/c55-51-45(35-17-5-1-6-18-35)49-39-29-13-25-33-27-15-31-41(43(33)39)53(49,47(51)37-21-9-3-10-22-37)54-42-32-16-28-34-26-14-30-40(44(34)42)50(54)46(36-19-7-2-8-20-36)52(56)48(54)38-23-11-4-12-24-38/h1-32,45-50H/t45-,46-,47+,48+,49-,50-,53-,54-/m0/s1. The fourth-order valence-corrected chi connectivity index (χ4v) is 13.1. The van der Waals surface area contributed by atoms with Crippen LogP contribution in [0.3, 0.4) is 0 Å². The predicted octanol–water partition coefficient (Wildman–Crippen LogP) is 11.7. The summed E-state index contributed by atoms with van der Waals surface area (Å²) in [6, 6.07) is 69.1. The molecule has 0 saturated heterocycles. The molecule has 0 bridgehead atoms. The highest BCUT2D eigenvalue weighted by Gasteiger charge is 2.81. The molecule has 0 aliphatic heterocycles. The van der Waals surface area contributed by atoms with Crippen LogP contribution in [0.2, 0.25) is 0 Å². The zero-order valence-corrected chi connectivity index (χ0v) is 30.8. The van der Waals surface area contributed by atoms with E-state index in [1.807, 2.05) is 12.1 Å². The molecule has 4 aliphatic carbocycles. The first kappa shape index (κ1) is 31.9. The van der Waals surface area contributed by atoms with Gasteiger partial charge in [-0.3, -0.25) is 9.59 Å². The molecule has 0 radical (unpaired) electrons. The van der Waals surface area contributed by atoms with E-state index in [1.165, 1.54) is 43.8 Å². The van der Waals surface area contributed by atoms with Crippen molar-refractivity contribution in [3.63, 3.8) is 0 Å². The molecule has 8 aromatic rings. The van der Waals surface area contributed by atoms with E-state index in [4.69, 9.17) is 0 Å². The molecule has 2 fully saturated rings. The number of fused-ring (bicyclic) bond motifs is 7. The third-order valence-electron chi connectivity index (χ3n) is 14.4. The highest BCUT2D eigenvalue weighted by atomic mass is 16.1. The van der Waals surface area contributed by atoms with Crippen LogP contribution in [0.5, 0.6) is 0 Å². The Labute approximate surface area is 326 Å². The van der Waals surface area contributed by atoms with E-state index in [0.29, 0.717) is 0 Å². The summed E-state index contributed by atoms with van der Waals surface area (Å²) >= 11 is 0. The van der Waals surface area contributed by atoms with Gasteiger partial charge in [0.15, 0.2) is 0 Å². The van der Waals surface area contributed by atoms with Gasteiger partial charge in [0.25, 0.3) is 0 Å². The number of carbonyl (C=O) groups is 2. The molecule has 0 spiro atoms. The monoisotopic (exact) mass is 718 g/mol. The molecule has 12 rings (SSSR count). The SMILES string of the molecule is O=C1[C@@H](c2ccccc2)[C@@H]2c3cccc4cccc(c34)[C@]2([C@]23c4cccc5cccc(c45)[C@H]2[C@H](c2ccccc2)C(=O)[C@H]3c2ccccc2)[C@@H]1c1ccccc1. The van der Waals surface area contributed by atoms with Gasteiger partial charge in [0, 0.05) is 22.7 Å². The average Bonchev–Trinajstić information content (AvgIpc) is 3.90. The van der Waals surface area contributed by atoms with E-state index in [-0.39, 0.29) is 23.4 Å². The van der Waals surface area contributed by atoms with Gasteiger partial charge in [0.1, 0.15) is 11.6 Å². The Kier molecular flexibility index (Phi) is 6.59. The van der Waals surface area contributed by atoms with Crippen molar-refractivity contribution in [2.45, 2.75) is 46.3 Å². The maximum atomic E-state index is 16.3. The van der Waals surface area contributed by atoms with Crippen molar-refractivity contribution < 1.29 is 9.59 Å². The first-order valence-electron chi connectivity index (χ1n) is 20.0. The lowest BCUT2D eigenvalue weighted by Crippen LogP contribution is -2.56. The smallest absolute Gasteiger partial charge is 0.149 e. The molecular formula is C54H38O2. The van der Waals surface area contributed by atoms with Crippen molar-refractivity contribution in [1.29, 1.82) is 0 Å². The summed E-state index contributed by atoms with van der Waals surface area (Å²) in [6.07, 6.45) is 0. The normalized spacial score (nSPS) is 28.2. The quantitative estimate of drug-likeness (QED) is 0.178. The van der Waals surface area contributed by atoms with Gasteiger partial charge in [-0.2, -0.15) is 0 Å². The van der Waals surface area contributed by atoms with Gasteiger partial charge in [-0.15, -0.1) is 0 Å². The Hall–Kier alpha value is -6.38. The van der Waals surface area contributed by atoms with Gasteiger partial charge < -0.3 is 0 Å². The number of hydrogen-bond acceptors (Lipinski definition) is 2. The second-order valence-corrected chi connectivity index (χ2v) is 16.5. The largest absolute Gasteiger partial charge is 0.298 e. The van der Waals surface area contributed by atoms with E-state index < -0.39 is 34.5 Å². The molecular weight excluding hydrogens is 681 g/mol. The van der Waals surface area contributed by atoms with E-state index in [9.17, 15) is 0 Å². The van der Waals surface area contributed by atoms with Crippen LogP contribution in [-0.2, 0) is 20.4 Å². The van der Waals surface area contributed by atoms with Crippen LogP contribution in [0.25, 0.3) is 21.5 Å². The third kappa shape index (κ3) is 3.73. The number of ketones is 2. The summed E-state index contributed by atoms with van der Waals surface area (Å²) in [5, 5.41) is 4.85. The minimum atomic E-state index is -0.868. The molecule has 0 amide bonds. The molecule has 2 saturated carbocycles. The molecule has 266 valence electrons. The van der Waals surface area contributed by atoms with E-state index in [2.05, 4.69) is 182 Å². The zero-order valence-electron chi connectivity index (χ0n) is 30.8. The number of hydrogen-bond donors (Lipinski definition) is 0. The Morgan fingerprint density at radius 1 is 0.321 bits per heavy atom. The van der Waals surface area contributed by atoms with Crippen LogP contribution in [0.4, 0.5) is 0 Å². The minimum Gasteiger partial charge on any atom is -0.298 e. The zero-order chi connectivity index (χ0) is 37.2. The summed E-state index contributed by atoms with van der Waals surface area (Å²) in [7, 11) is 0. The fourth-order valence-electron chi connectivity index (χ4n) is 13.1. The molecule has 4 aliphatic rings.